The minimum Gasteiger partial charge on any atom is -0.496 e. The molecule has 146 valence electrons. The van der Waals surface area contributed by atoms with Crippen molar-refractivity contribution in [2.24, 2.45) is 0 Å². The smallest absolute Gasteiger partial charge is 0.278 e. The fourth-order valence-corrected chi connectivity index (χ4v) is 3.43. The van der Waals surface area contributed by atoms with Gasteiger partial charge in [0.25, 0.3) is 5.91 Å². The van der Waals surface area contributed by atoms with Crippen LogP contribution in [0.2, 0.25) is 5.02 Å². The maximum absolute atomic E-state index is 12.7. The van der Waals surface area contributed by atoms with Crippen LogP contribution in [0.5, 0.6) is 5.75 Å². The number of benzene rings is 2. The maximum Gasteiger partial charge on any atom is 0.278 e. The van der Waals surface area contributed by atoms with E-state index in [-0.39, 0.29) is 11.6 Å². The molecular formula is C21H18ClN5O2. The lowest BCUT2D eigenvalue weighted by molar-refractivity contribution is 0.102. The molecule has 7 nitrogen and oxygen atoms in total. The molecule has 0 aliphatic carbocycles. The SMILES string of the molecule is COc1ccccc1-c1c(C)nn2c(C)c(C(=O)Nc3cccc(Cl)c3)nnc12. The van der Waals surface area contributed by atoms with Crippen LogP contribution in [0.25, 0.3) is 16.8 Å². The van der Waals surface area contributed by atoms with Crippen LogP contribution < -0.4 is 10.1 Å². The van der Waals surface area contributed by atoms with Crippen molar-refractivity contribution in [1.29, 1.82) is 0 Å². The Balaban J connectivity index is 1.78. The van der Waals surface area contributed by atoms with E-state index in [1.54, 1.807) is 42.8 Å². The molecule has 0 radical (unpaired) electrons. The Morgan fingerprint density at radius 3 is 2.66 bits per heavy atom. The van der Waals surface area contributed by atoms with Gasteiger partial charge in [0.1, 0.15) is 5.75 Å². The number of hydrogen-bond acceptors (Lipinski definition) is 5. The van der Waals surface area contributed by atoms with Gasteiger partial charge in [-0.25, -0.2) is 4.52 Å². The quantitative estimate of drug-likeness (QED) is 0.544. The summed E-state index contributed by atoms with van der Waals surface area (Å²) in [6.45, 7) is 3.68. The van der Waals surface area contributed by atoms with Crippen LogP contribution in [0.1, 0.15) is 21.9 Å². The van der Waals surface area contributed by atoms with Crippen LogP contribution in [0.15, 0.2) is 48.5 Å². The first-order chi connectivity index (χ1) is 14.0. The summed E-state index contributed by atoms with van der Waals surface area (Å²) in [5, 5.41) is 16.4. The number of nitrogens with zero attached hydrogens (tertiary/aromatic N) is 4. The number of aromatic nitrogens is 4. The van der Waals surface area contributed by atoms with E-state index in [0.717, 1.165) is 16.8 Å². The van der Waals surface area contributed by atoms with Gasteiger partial charge in [0, 0.05) is 16.3 Å². The second-order valence-corrected chi connectivity index (χ2v) is 6.93. The first-order valence-corrected chi connectivity index (χ1v) is 9.30. The molecule has 0 saturated heterocycles. The molecule has 0 spiro atoms. The third-order valence-corrected chi connectivity index (χ3v) is 4.85. The number of ether oxygens (including phenoxy) is 1. The molecule has 0 fully saturated rings. The Morgan fingerprint density at radius 1 is 1.10 bits per heavy atom. The lowest BCUT2D eigenvalue weighted by atomic mass is 10.1. The number of carbonyl (C=O) groups excluding carboxylic acids is 1. The number of para-hydroxylation sites is 1. The second-order valence-electron chi connectivity index (χ2n) is 6.49. The zero-order valence-electron chi connectivity index (χ0n) is 16.1. The molecule has 4 rings (SSSR count). The zero-order valence-corrected chi connectivity index (χ0v) is 16.9. The van der Waals surface area contributed by atoms with Gasteiger partial charge in [0.05, 0.1) is 24.1 Å². The van der Waals surface area contributed by atoms with Crippen LogP contribution >= 0.6 is 11.6 Å². The molecule has 0 saturated carbocycles. The number of anilines is 1. The summed E-state index contributed by atoms with van der Waals surface area (Å²) >= 11 is 5.98. The molecule has 0 aliphatic heterocycles. The summed E-state index contributed by atoms with van der Waals surface area (Å²) in [7, 11) is 1.62. The Labute approximate surface area is 172 Å². The molecule has 0 unspecified atom stereocenters. The van der Waals surface area contributed by atoms with Crippen LogP contribution in [0.4, 0.5) is 5.69 Å². The zero-order chi connectivity index (χ0) is 20.5. The maximum atomic E-state index is 12.7. The minimum atomic E-state index is -0.383. The molecule has 2 aromatic carbocycles. The molecule has 29 heavy (non-hydrogen) atoms. The number of hydrogen-bond donors (Lipinski definition) is 1. The molecule has 8 heteroatoms. The number of nitrogens with one attached hydrogen (secondary N) is 1. The molecule has 0 bridgehead atoms. The van der Waals surface area contributed by atoms with Crippen molar-refractivity contribution in [2.45, 2.75) is 13.8 Å². The van der Waals surface area contributed by atoms with Crippen LogP contribution in [-0.4, -0.2) is 32.8 Å². The molecule has 0 atom stereocenters. The summed E-state index contributed by atoms with van der Waals surface area (Å²) in [5.74, 6) is 0.332. The van der Waals surface area contributed by atoms with Crippen molar-refractivity contribution < 1.29 is 9.53 Å². The lowest BCUT2D eigenvalue weighted by Gasteiger charge is -2.09. The molecule has 0 aliphatic rings. The number of fused-ring (bicyclic) bond motifs is 1. The predicted molar refractivity (Wildman–Crippen MR) is 112 cm³/mol. The normalized spacial score (nSPS) is 10.9. The van der Waals surface area contributed by atoms with Gasteiger partial charge < -0.3 is 10.1 Å². The first-order valence-electron chi connectivity index (χ1n) is 8.92. The van der Waals surface area contributed by atoms with E-state index in [4.69, 9.17) is 16.3 Å². The van der Waals surface area contributed by atoms with Crippen molar-refractivity contribution in [3.8, 4) is 16.9 Å². The third-order valence-electron chi connectivity index (χ3n) is 4.62. The average molecular weight is 408 g/mol. The van der Waals surface area contributed by atoms with E-state index < -0.39 is 0 Å². The minimum absolute atomic E-state index is 0.187. The highest BCUT2D eigenvalue weighted by molar-refractivity contribution is 6.30. The van der Waals surface area contributed by atoms with Crippen molar-refractivity contribution in [3.05, 3.63) is 70.6 Å². The molecule has 4 aromatic rings. The monoisotopic (exact) mass is 407 g/mol. The number of carbonyl (C=O) groups is 1. The number of aryl methyl sites for hydroxylation is 2. The van der Waals surface area contributed by atoms with E-state index in [1.807, 2.05) is 31.2 Å². The van der Waals surface area contributed by atoms with Crippen molar-refractivity contribution in [1.82, 2.24) is 19.8 Å². The number of halogens is 1. The van der Waals surface area contributed by atoms with E-state index in [1.165, 1.54) is 0 Å². The topological polar surface area (TPSA) is 81.4 Å². The Morgan fingerprint density at radius 2 is 1.90 bits per heavy atom. The summed E-state index contributed by atoms with van der Waals surface area (Å²) in [6.07, 6.45) is 0. The van der Waals surface area contributed by atoms with Crippen molar-refractivity contribution in [3.63, 3.8) is 0 Å². The summed E-state index contributed by atoms with van der Waals surface area (Å²) in [6, 6.07) is 14.6. The summed E-state index contributed by atoms with van der Waals surface area (Å²) < 4.78 is 7.12. The van der Waals surface area contributed by atoms with Gasteiger partial charge in [-0.1, -0.05) is 35.9 Å². The number of methoxy groups -OCH3 is 1. The van der Waals surface area contributed by atoms with Gasteiger partial charge in [-0.2, -0.15) is 5.10 Å². The molecule has 1 N–H and O–H groups in total. The van der Waals surface area contributed by atoms with Crippen LogP contribution in [0, 0.1) is 13.8 Å². The van der Waals surface area contributed by atoms with Gasteiger partial charge in [0.2, 0.25) is 0 Å². The number of amides is 1. The van der Waals surface area contributed by atoms with E-state index >= 15 is 0 Å². The molecule has 2 heterocycles. The van der Waals surface area contributed by atoms with Gasteiger partial charge in [-0.05, 0) is 38.1 Å². The Kier molecular flexibility index (Phi) is 4.90. The van der Waals surface area contributed by atoms with Crippen molar-refractivity contribution in [2.75, 3.05) is 12.4 Å². The molecule has 2 aromatic heterocycles. The second kappa shape index (κ2) is 7.52. The van der Waals surface area contributed by atoms with E-state index in [2.05, 4.69) is 20.6 Å². The van der Waals surface area contributed by atoms with Gasteiger partial charge in [0.15, 0.2) is 11.3 Å². The van der Waals surface area contributed by atoms with Gasteiger partial charge in [-0.15, -0.1) is 10.2 Å². The highest BCUT2D eigenvalue weighted by Crippen LogP contribution is 2.34. The Bertz CT molecular complexity index is 1240. The fraction of sp³-hybridized carbons (Fsp3) is 0.143. The largest absolute Gasteiger partial charge is 0.496 e. The average Bonchev–Trinajstić information content (AvgIpc) is 3.05. The van der Waals surface area contributed by atoms with E-state index in [0.29, 0.717) is 27.8 Å². The fourth-order valence-electron chi connectivity index (χ4n) is 3.24. The summed E-state index contributed by atoms with van der Waals surface area (Å²) in [5.41, 5.74) is 4.36. The summed E-state index contributed by atoms with van der Waals surface area (Å²) in [4.78, 5) is 12.7. The van der Waals surface area contributed by atoms with Gasteiger partial charge in [-0.3, -0.25) is 4.79 Å². The highest BCUT2D eigenvalue weighted by atomic mass is 35.5. The highest BCUT2D eigenvalue weighted by Gasteiger charge is 2.22. The van der Waals surface area contributed by atoms with Crippen LogP contribution in [-0.2, 0) is 0 Å². The number of rotatable bonds is 4. The standard InChI is InChI=1S/C21H18ClN5O2/c1-12-18(16-9-4-5-10-17(16)29-3)20-25-24-19(13(2)27(20)26-12)21(28)23-15-8-6-7-14(22)11-15/h4-11H,1-3H3,(H,23,28). The lowest BCUT2D eigenvalue weighted by Crippen LogP contribution is -2.18. The third kappa shape index (κ3) is 3.40. The van der Waals surface area contributed by atoms with Crippen LogP contribution in [0.3, 0.4) is 0 Å². The van der Waals surface area contributed by atoms with Crippen molar-refractivity contribution >= 4 is 28.8 Å². The predicted octanol–water partition coefficient (Wildman–Crippen LogP) is 4.32. The first kappa shape index (κ1) is 18.9. The van der Waals surface area contributed by atoms with E-state index in [9.17, 15) is 4.79 Å². The van der Waals surface area contributed by atoms with Gasteiger partial charge >= 0.3 is 0 Å². The Hall–Kier alpha value is -3.45. The molecular weight excluding hydrogens is 390 g/mol. The molecule has 1 amide bonds.